The summed E-state index contributed by atoms with van der Waals surface area (Å²) in [5.41, 5.74) is 2.33. The van der Waals surface area contributed by atoms with Crippen molar-refractivity contribution < 1.29 is 0 Å². The van der Waals surface area contributed by atoms with Crippen LogP contribution in [0.2, 0.25) is 0 Å². The molecule has 0 bridgehead atoms. The van der Waals surface area contributed by atoms with Crippen molar-refractivity contribution >= 4 is 17.0 Å². The largest absolute Gasteiger partial charge is 0.374 e. The van der Waals surface area contributed by atoms with Crippen LogP contribution in [0.5, 0.6) is 0 Å². The van der Waals surface area contributed by atoms with Gasteiger partial charge in [0.1, 0.15) is 0 Å². The predicted molar refractivity (Wildman–Crippen MR) is 87.5 cm³/mol. The molecule has 108 valence electrons. The maximum Gasteiger partial charge on any atom is 0.0562 e. The van der Waals surface area contributed by atoms with Crippen LogP contribution in [0.3, 0.4) is 0 Å². The molecule has 0 atom stereocenters. The molecule has 2 aromatic rings. The van der Waals surface area contributed by atoms with Crippen LogP contribution in [-0.4, -0.2) is 24.6 Å². The molecule has 2 aromatic heterocycles. The van der Waals surface area contributed by atoms with E-state index in [1.54, 1.807) is 0 Å². The van der Waals surface area contributed by atoms with Crippen molar-refractivity contribution in [3.05, 3.63) is 46.4 Å². The minimum Gasteiger partial charge on any atom is -0.374 e. The Balaban J connectivity index is 1.91. The number of thiophene rings is 1. The molecule has 0 amide bonds. The van der Waals surface area contributed by atoms with Gasteiger partial charge in [0.25, 0.3) is 0 Å². The van der Waals surface area contributed by atoms with Crippen LogP contribution in [0.4, 0.5) is 5.69 Å². The number of nitrogens with one attached hydrogen (secondary N) is 1. The van der Waals surface area contributed by atoms with E-state index < -0.39 is 0 Å². The lowest BCUT2D eigenvalue weighted by molar-refractivity contribution is 0.581. The molecule has 0 aromatic carbocycles. The van der Waals surface area contributed by atoms with Gasteiger partial charge in [0.15, 0.2) is 0 Å². The Kier molecular flexibility index (Phi) is 5.56. The topological polar surface area (TPSA) is 28.2 Å². The highest BCUT2D eigenvalue weighted by Gasteiger charge is 2.04. The van der Waals surface area contributed by atoms with Crippen LogP contribution >= 0.6 is 11.3 Å². The fraction of sp³-hybridized carbons (Fsp3) is 0.438. The van der Waals surface area contributed by atoms with Gasteiger partial charge in [-0.1, -0.05) is 19.9 Å². The normalized spacial score (nSPS) is 11.0. The summed E-state index contributed by atoms with van der Waals surface area (Å²) in [4.78, 5) is 8.15. The minimum absolute atomic E-state index is 0.483. The summed E-state index contributed by atoms with van der Waals surface area (Å²) in [5.74, 6) is 0. The van der Waals surface area contributed by atoms with E-state index >= 15 is 0 Å². The average Bonchev–Trinajstić information content (AvgIpc) is 2.96. The summed E-state index contributed by atoms with van der Waals surface area (Å²) < 4.78 is 0. The van der Waals surface area contributed by atoms with Crippen LogP contribution in [0.25, 0.3) is 0 Å². The molecule has 0 aliphatic heterocycles. The third-order valence-corrected chi connectivity index (χ3v) is 4.14. The van der Waals surface area contributed by atoms with E-state index in [2.05, 4.69) is 65.7 Å². The number of rotatable bonds is 7. The molecule has 0 radical (unpaired) electrons. The van der Waals surface area contributed by atoms with Gasteiger partial charge >= 0.3 is 0 Å². The van der Waals surface area contributed by atoms with E-state index in [4.69, 9.17) is 0 Å². The highest BCUT2D eigenvalue weighted by atomic mass is 32.1. The summed E-state index contributed by atoms with van der Waals surface area (Å²) in [5, 5.41) is 5.54. The third-order valence-electron chi connectivity index (χ3n) is 3.21. The molecule has 20 heavy (non-hydrogen) atoms. The molecule has 0 saturated carbocycles. The highest BCUT2D eigenvalue weighted by Crippen LogP contribution is 2.15. The van der Waals surface area contributed by atoms with Crippen molar-refractivity contribution in [1.29, 1.82) is 0 Å². The molecular formula is C16H23N3S. The standard InChI is InChI=1S/C16H23N3S/c1-13(2)18-12-14-11-15(6-8-17-14)19(3)9-7-16-5-4-10-20-16/h4-6,8,10-11,13,18H,7,9,12H2,1-3H3. The molecule has 0 fully saturated rings. The Morgan fingerprint density at radius 1 is 1.35 bits per heavy atom. The van der Waals surface area contributed by atoms with Crippen molar-refractivity contribution in [2.45, 2.75) is 32.9 Å². The number of nitrogens with zero attached hydrogens (tertiary/aromatic N) is 2. The minimum atomic E-state index is 0.483. The SMILES string of the molecule is CC(C)NCc1cc(N(C)CCc2cccs2)ccn1. The second-order valence-electron chi connectivity index (χ2n) is 5.29. The Labute approximate surface area is 125 Å². The monoisotopic (exact) mass is 289 g/mol. The maximum atomic E-state index is 4.42. The smallest absolute Gasteiger partial charge is 0.0562 e. The highest BCUT2D eigenvalue weighted by molar-refractivity contribution is 7.09. The van der Waals surface area contributed by atoms with Crippen molar-refractivity contribution in [2.24, 2.45) is 0 Å². The molecule has 1 N–H and O–H groups in total. The van der Waals surface area contributed by atoms with Gasteiger partial charge < -0.3 is 10.2 Å². The average molecular weight is 289 g/mol. The summed E-state index contributed by atoms with van der Waals surface area (Å²) in [6.45, 7) is 6.15. The molecular weight excluding hydrogens is 266 g/mol. The molecule has 3 nitrogen and oxygen atoms in total. The van der Waals surface area contributed by atoms with Crippen LogP contribution in [0.1, 0.15) is 24.4 Å². The van der Waals surface area contributed by atoms with E-state index in [1.807, 2.05) is 17.5 Å². The first-order valence-corrected chi connectivity index (χ1v) is 7.95. The van der Waals surface area contributed by atoms with Crippen molar-refractivity contribution in [1.82, 2.24) is 10.3 Å². The number of anilines is 1. The molecule has 0 saturated heterocycles. The lowest BCUT2D eigenvalue weighted by Gasteiger charge is -2.19. The summed E-state index contributed by atoms with van der Waals surface area (Å²) in [6, 6.07) is 9.04. The van der Waals surface area contributed by atoms with E-state index in [0.717, 1.165) is 25.2 Å². The molecule has 2 heterocycles. The van der Waals surface area contributed by atoms with E-state index in [-0.39, 0.29) is 0 Å². The molecule has 4 heteroatoms. The van der Waals surface area contributed by atoms with Gasteiger partial charge in [0, 0.05) is 42.9 Å². The van der Waals surface area contributed by atoms with Gasteiger partial charge in [-0.15, -0.1) is 11.3 Å². The number of hydrogen-bond donors (Lipinski definition) is 1. The van der Waals surface area contributed by atoms with E-state index in [0.29, 0.717) is 6.04 Å². The Morgan fingerprint density at radius 2 is 2.20 bits per heavy atom. The lowest BCUT2D eigenvalue weighted by Crippen LogP contribution is -2.23. The van der Waals surface area contributed by atoms with Crippen LogP contribution in [0, 0.1) is 0 Å². The van der Waals surface area contributed by atoms with Crippen LogP contribution in [-0.2, 0) is 13.0 Å². The van der Waals surface area contributed by atoms with E-state index in [1.165, 1.54) is 10.6 Å². The number of pyridine rings is 1. The van der Waals surface area contributed by atoms with Gasteiger partial charge in [-0.05, 0) is 30.0 Å². The quantitative estimate of drug-likeness (QED) is 0.847. The van der Waals surface area contributed by atoms with Gasteiger partial charge in [-0.25, -0.2) is 0 Å². The maximum absolute atomic E-state index is 4.42. The van der Waals surface area contributed by atoms with E-state index in [9.17, 15) is 0 Å². The molecule has 0 spiro atoms. The van der Waals surface area contributed by atoms with Crippen molar-refractivity contribution in [3.8, 4) is 0 Å². The van der Waals surface area contributed by atoms with Gasteiger partial charge in [0.05, 0.1) is 5.69 Å². The zero-order valence-corrected chi connectivity index (χ0v) is 13.3. The molecule has 0 aliphatic rings. The van der Waals surface area contributed by atoms with Crippen molar-refractivity contribution in [2.75, 3.05) is 18.5 Å². The second-order valence-corrected chi connectivity index (χ2v) is 6.32. The lowest BCUT2D eigenvalue weighted by atomic mass is 10.2. The number of likely N-dealkylation sites (N-methyl/N-ethyl adjacent to an activating group) is 1. The fourth-order valence-electron chi connectivity index (χ4n) is 1.97. The fourth-order valence-corrected chi connectivity index (χ4v) is 2.67. The van der Waals surface area contributed by atoms with Crippen molar-refractivity contribution in [3.63, 3.8) is 0 Å². The molecule has 2 rings (SSSR count). The zero-order chi connectivity index (χ0) is 14.4. The Morgan fingerprint density at radius 3 is 2.90 bits per heavy atom. The first-order chi connectivity index (χ1) is 9.65. The predicted octanol–water partition coefficient (Wildman–Crippen LogP) is 3.32. The van der Waals surface area contributed by atoms with Crippen LogP contribution in [0.15, 0.2) is 35.8 Å². The summed E-state index contributed by atoms with van der Waals surface area (Å²) >= 11 is 1.83. The number of aromatic nitrogens is 1. The second kappa shape index (κ2) is 7.41. The first-order valence-electron chi connectivity index (χ1n) is 7.07. The molecule has 0 aliphatic carbocycles. The summed E-state index contributed by atoms with van der Waals surface area (Å²) in [7, 11) is 2.14. The first kappa shape index (κ1) is 15.0. The summed E-state index contributed by atoms with van der Waals surface area (Å²) in [6.07, 6.45) is 2.99. The Bertz CT molecular complexity index is 508. The zero-order valence-electron chi connectivity index (χ0n) is 12.5. The van der Waals surface area contributed by atoms with Gasteiger partial charge in [-0.3, -0.25) is 4.98 Å². The third kappa shape index (κ3) is 4.62. The van der Waals surface area contributed by atoms with Crippen LogP contribution < -0.4 is 10.2 Å². The Hall–Kier alpha value is -1.39. The van der Waals surface area contributed by atoms with Gasteiger partial charge in [-0.2, -0.15) is 0 Å². The number of hydrogen-bond acceptors (Lipinski definition) is 4. The van der Waals surface area contributed by atoms with Gasteiger partial charge in [0.2, 0.25) is 0 Å². The molecule has 0 unspecified atom stereocenters.